The molecule has 1 N–H and O–H groups in total. The Bertz CT molecular complexity index is 1050. The molecule has 6 nitrogen and oxygen atoms in total. The molecule has 1 aliphatic rings. The molecule has 0 saturated carbocycles. The molecule has 2 aromatic heterocycles. The van der Waals surface area contributed by atoms with Crippen LogP contribution in [0.3, 0.4) is 0 Å². The molecule has 0 saturated heterocycles. The normalized spacial score (nSPS) is 12.8. The number of pyridine rings is 2. The van der Waals surface area contributed by atoms with Crippen LogP contribution in [0.5, 0.6) is 0 Å². The first kappa shape index (κ1) is 18.9. The van der Waals surface area contributed by atoms with Crippen LogP contribution < -0.4 is 5.32 Å². The number of anilines is 1. The van der Waals surface area contributed by atoms with Crippen molar-refractivity contribution in [3.63, 3.8) is 0 Å². The van der Waals surface area contributed by atoms with Gasteiger partial charge in [-0.3, -0.25) is 9.59 Å². The minimum absolute atomic E-state index is 0.114. The zero-order valence-electron chi connectivity index (χ0n) is 15.5. The Hall–Kier alpha value is -3.45. The Morgan fingerprint density at radius 1 is 1.00 bits per heavy atom. The molecule has 29 heavy (non-hydrogen) atoms. The third-order valence-corrected chi connectivity index (χ3v) is 5.35. The van der Waals surface area contributed by atoms with Gasteiger partial charge in [-0.2, -0.15) is 0 Å². The highest BCUT2D eigenvalue weighted by atomic mass is 32.2. The van der Waals surface area contributed by atoms with Crippen molar-refractivity contribution in [2.24, 2.45) is 0 Å². The van der Waals surface area contributed by atoms with Gasteiger partial charge in [-0.1, -0.05) is 42.6 Å². The summed E-state index contributed by atoms with van der Waals surface area (Å²) in [6.07, 6.45) is 3.53. The number of hydrogen-bond donors (Lipinski definition) is 1. The molecule has 4 rings (SSSR count). The fourth-order valence-electron chi connectivity index (χ4n) is 3.07. The van der Waals surface area contributed by atoms with Crippen LogP contribution in [-0.4, -0.2) is 33.2 Å². The fourth-order valence-corrected chi connectivity index (χ4v) is 3.84. The number of fused-ring (bicyclic) bond motifs is 1. The highest BCUT2D eigenvalue weighted by Crippen LogP contribution is 2.31. The second-order valence-electron chi connectivity index (χ2n) is 6.40. The summed E-state index contributed by atoms with van der Waals surface area (Å²) in [6.45, 7) is 4.27. The first-order valence-electron chi connectivity index (χ1n) is 9.07. The maximum absolute atomic E-state index is 12.5. The highest BCUT2D eigenvalue weighted by molar-refractivity contribution is 7.99. The molecule has 2 amide bonds. The number of carbonyl (C=O) groups excluding carboxylic acids is 2. The van der Waals surface area contributed by atoms with Crippen molar-refractivity contribution in [2.45, 2.75) is 16.5 Å². The molecule has 3 aromatic rings. The number of carbonyl (C=O) groups is 2. The Labute approximate surface area is 172 Å². The summed E-state index contributed by atoms with van der Waals surface area (Å²) in [5.74, 6) is -0.294. The van der Waals surface area contributed by atoms with E-state index in [2.05, 4.69) is 21.9 Å². The zero-order valence-corrected chi connectivity index (χ0v) is 16.4. The van der Waals surface area contributed by atoms with E-state index < -0.39 is 0 Å². The number of nitrogens with zero attached hydrogens (tertiary/aromatic N) is 3. The summed E-state index contributed by atoms with van der Waals surface area (Å²) in [6, 6.07) is 16.5. The first-order valence-corrected chi connectivity index (χ1v) is 9.88. The minimum atomic E-state index is -0.179. The Balaban J connectivity index is 1.35. The van der Waals surface area contributed by atoms with E-state index in [0.29, 0.717) is 16.9 Å². The molecule has 1 aliphatic heterocycles. The lowest BCUT2D eigenvalue weighted by Gasteiger charge is -2.17. The van der Waals surface area contributed by atoms with Crippen LogP contribution in [0.2, 0.25) is 0 Å². The van der Waals surface area contributed by atoms with Gasteiger partial charge < -0.3 is 10.2 Å². The van der Waals surface area contributed by atoms with Gasteiger partial charge in [0.25, 0.3) is 5.91 Å². The van der Waals surface area contributed by atoms with Gasteiger partial charge in [-0.25, -0.2) is 9.97 Å². The number of hydrogen-bond acceptors (Lipinski definition) is 5. The van der Waals surface area contributed by atoms with Crippen molar-refractivity contribution in [2.75, 3.05) is 11.9 Å². The van der Waals surface area contributed by atoms with Crippen molar-refractivity contribution >= 4 is 35.0 Å². The fraction of sp³-hybridized carbons (Fsp3) is 0.0909. The van der Waals surface area contributed by atoms with E-state index in [-0.39, 0.29) is 24.8 Å². The molecule has 0 spiro atoms. The third-order valence-electron chi connectivity index (χ3n) is 4.47. The molecule has 0 bridgehead atoms. The summed E-state index contributed by atoms with van der Waals surface area (Å²) >= 11 is 1.42. The van der Waals surface area contributed by atoms with Crippen LogP contribution in [-0.2, 0) is 4.79 Å². The maximum Gasteiger partial charge on any atom is 0.258 e. The summed E-state index contributed by atoms with van der Waals surface area (Å²) in [7, 11) is 0. The predicted molar refractivity (Wildman–Crippen MR) is 112 cm³/mol. The quantitative estimate of drug-likeness (QED) is 0.672. The molecular weight excluding hydrogens is 384 g/mol. The van der Waals surface area contributed by atoms with Gasteiger partial charge in [0.15, 0.2) is 0 Å². The average Bonchev–Trinajstić information content (AvgIpc) is 2.98. The van der Waals surface area contributed by atoms with Crippen LogP contribution >= 0.6 is 11.8 Å². The van der Waals surface area contributed by atoms with E-state index >= 15 is 0 Å². The number of rotatable bonds is 6. The van der Waals surface area contributed by atoms with E-state index in [1.165, 1.54) is 11.8 Å². The van der Waals surface area contributed by atoms with Gasteiger partial charge in [0, 0.05) is 47.9 Å². The number of aromatic nitrogens is 2. The lowest BCUT2D eigenvalue weighted by molar-refractivity contribution is -0.116. The summed E-state index contributed by atoms with van der Waals surface area (Å²) in [4.78, 5) is 35.0. The van der Waals surface area contributed by atoms with Crippen molar-refractivity contribution in [1.29, 1.82) is 0 Å². The molecule has 0 radical (unpaired) electrons. The van der Waals surface area contributed by atoms with Gasteiger partial charge >= 0.3 is 0 Å². The Morgan fingerprint density at radius 3 is 2.52 bits per heavy atom. The van der Waals surface area contributed by atoms with Crippen LogP contribution in [0.25, 0.3) is 5.70 Å². The number of benzene rings is 1. The molecule has 0 aliphatic carbocycles. The van der Waals surface area contributed by atoms with Gasteiger partial charge in [0.1, 0.15) is 10.1 Å². The van der Waals surface area contributed by atoms with E-state index in [1.54, 1.807) is 35.5 Å². The number of amides is 2. The third kappa shape index (κ3) is 4.20. The van der Waals surface area contributed by atoms with Gasteiger partial charge in [-0.15, -0.1) is 0 Å². The summed E-state index contributed by atoms with van der Waals surface area (Å²) in [5, 5.41) is 4.43. The molecular formula is C22H18N4O2S. The lowest BCUT2D eigenvalue weighted by atomic mass is 10.1. The lowest BCUT2D eigenvalue weighted by Crippen LogP contribution is -2.27. The first-order chi connectivity index (χ1) is 14.1. The summed E-state index contributed by atoms with van der Waals surface area (Å²) < 4.78 is 0. The highest BCUT2D eigenvalue weighted by Gasteiger charge is 2.30. The SMILES string of the molecule is C=C1c2ccccc2C(=O)N1CCC(=O)Nc1ccnc(Sc2ccccn2)c1. The van der Waals surface area contributed by atoms with E-state index in [1.807, 2.05) is 36.4 Å². The topological polar surface area (TPSA) is 75.2 Å². The van der Waals surface area contributed by atoms with Crippen LogP contribution in [0.15, 0.2) is 83.6 Å². The van der Waals surface area contributed by atoms with Crippen molar-refractivity contribution in [3.05, 3.63) is 84.7 Å². The van der Waals surface area contributed by atoms with Crippen LogP contribution in [0, 0.1) is 0 Å². The Morgan fingerprint density at radius 2 is 1.76 bits per heavy atom. The largest absolute Gasteiger partial charge is 0.326 e. The number of nitrogens with one attached hydrogen (secondary N) is 1. The Kier molecular flexibility index (Phi) is 5.39. The van der Waals surface area contributed by atoms with E-state index in [4.69, 9.17) is 0 Å². The maximum atomic E-state index is 12.5. The molecule has 1 aromatic carbocycles. The van der Waals surface area contributed by atoms with Crippen molar-refractivity contribution in [1.82, 2.24) is 14.9 Å². The average molecular weight is 402 g/mol. The molecule has 144 valence electrons. The summed E-state index contributed by atoms with van der Waals surface area (Å²) in [5.41, 5.74) is 2.74. The second kappa shape index (κ2) is 8.28. The molecule has 0 unspecified atom stereocenters. The minimum Gasteiger partial charge on any atom is -0.326 e. The molecule has 0 fully saturated rings. The van der Waals surface area contributed by atoms with Crippen molar-refractivity contribution < 1.29 is 9.59 Å². The van der Waals surface area contributed by atoms with E-state index in [9.17, 15) is 9.59 Å². The van der Waals surface area contributed by atoms with Crippen LogP contribution in [0.1, 0.15) is 22.3 Å². The smallest absolute Gasteiger partial charge is 0.258 e. The zero-order chi connectivity index (χ0) is 20.2. The van der Waals surface area contributed by atoms with Gasteiger partial charge in [-0.05, 0) is 30.3 Å². The van der Waals surface area contributed by atoms with Gasteiger partial charge in [0.05, 0.1) is 0 Å². The standard InChI is InChI=1S/C22H18N4O2S/c1-15-17-6-2-3-7-18(17)22(28)26(15)13-10-19(27)25-16-9-12-24-21(14-16)29-20-8-4-5-11-23-20/h2-9,11-12,14H,1,10,13H2,(H,24,25,27). The molecule has 7 heteroatoms. The monoisotopic (exact) mass is 402 g/mol. The van der Waals surface area contributed by atoms with Crippen LogP contribution in [0.4, 0.5) is 5.69 Å². The second-order valence-corrected chi connectivity index (χ2v) is 7.44. The van der Waals surface area contributed by atoms with Crippen molar-refractivity contribution in [3.8, 4) is 0 Å². The molecule has 3 heterocycles. The van der Waals surface area contributed by atoms with E-state index in [0.717, 1.165) is 15.6 Å². The van der Waals surface area contributed by atoms with Gasteiger partial charge in [0.2, 0.25) is 5.91 Å². The predicted octanol–water partition coefficient (Wildman–Crippen LogP) is 4.08. The molecule has 0 atom stereocenters.